The molecule has 3 saturated heterocycles. The van der Waals surface area contributed by atoms with Gasteiger partial charge >= 0.3 is 0 Å². The molecule has 7 nitrogen and oxygen atoms in total. The van der Waals surface area contributed by atoms with E-state index in [1.165, 1.54) is 11.4 Å². The first-order valence-corrected chi connectivity index (χ1v) is 10.8. The predicted molar refractivity (Wildman–Crippen MR) is 94.0 cm³/mol. The lowest BCUT2D eigenvalue weighted by atomic mass is 9.74. The number of ether oxygens (including phenoxy) is 1. The van der Waals surface area contributed by atoms with Crippen LogP contribution in [0.2, 0.25) is 0 Å². The zero-order valence-corrected chi connectivity index (χ0v) is 16.5. The SMILES string of the molecule is Cn1nc(C(C)(F)F)cc1S(=O)(=O)N1CC2(CN(CC3CCOCC3)C2)C1. The number of aryl methyl sites for hydroxylation is 1. The average Bonchev–Trinajstić information content (AvgIpc) is 2.92. The standard InChI is InChI=1S/C17H26F2N4O3S/c1-16(18,19)14-7-15(21(2)20-14)27(24,25)23-11-17(12-23)9-22(10-17)8-13-3-5-26-6-4-13/h7,13H,3-6,8-12H2,1-2H3. The molecule has 0 atom stereocenters. The first-order chi connectivity index (χ1) is 12.6. The maximum Gasteiger partial charge on any atom is 0.288 e. The fourth-order valence-corrected chi connectivity index (χ4v) is 6.22. The van der Waals surface area contributed by atoms with Gasteiger partial charge in [0, 0.05) is 71.4 Å². The second kappa shape index (κ2) is 6.47. The number of hydrogen-bond acceptors (Lipinski definition) is 5. The molecule has 0 N–H and O–H groups in total. The minimum absolute atomic E-state index is 0.0222. The van der Waals surface area contributed by atoms with Gasteiger partial charge in [0.15, 0.2) is 5.03 Å². The Kier molecular flexibility index (Phi) is 4.60. The number of likely N-dealkylation sites (tertiary alicyclic amines) is 1. The normalized spacial score (nSPS) is 24.7. The predicted octanol–water partition coefficient (Wildman–Crippen LogP) is 1.26. The highest BCUT2D eigenvalue weighted by atomic mass is 32.2. The molecule has 0 bridgehead atoms. The van der Waals surface area contributed by atoms with E-state index in [1.54, 1.807) is 0 Å². The van der Waals surface area contributed by atoms with Gasteiger partial charge in [-0.1, -0.05) is 0 Å². The zero-order valence-electron chi connectivity index (χ0n) is 15.7. The van der Waals surface area contributed by atoms with Crippen molar-refractivity contribution in [2.45, 2.75) is 30.7 Å². The first kappa shape index (κ1) is 19.2. The second-order valence-electron chi connectivity index (χ2n) is 8.38. The highest BCUT2D eigenvalue weighted by molar-refractivity contribution is 7.89. The van der Waals surface area contributed by atoms with Crippen molar-refractivity contribution in [3.63, 3.8) is 0 Å². The summed E-state index contributed by atoms with van der Waals surface area (Å²) >= 11 is 0. The number of sulfonamides is 1. The molecule has 4 heterocycles. The van der Waals surface area contributed by atoms with Gasteiger partial charge in [0.1, 0.15) is 5.69 Å². The molecule has 1 aromatic rings. The van der Waals surface area contributed by atoms with Crippen LogP contribution in [0.25, 0.3) is 0 Å². The van der Waals surface area contributed by atoms with Crippen LogP contribution in [0, 0.1) is 11.3 Å². The smallest absolute Gasteiger partial charge is 0.288 e. The number of rotatable bonds is 5. The van der Waals surface area contributed by atoms with Crippen molar-refractivity contribution in [3.05, 3.63) is 11.8 Å². The van der Waals surface area contributed by atoms with Gasteiger partial charge in [-0.3, -0.25) is 4.68 Å². The van der Waals surface area contributed by atoms with Crippen LogP contribution in [0.5, 0.6) is 0 Å². The van der Waals surface area contributed by atoms with Gasteiger partial charge < -0.3 is 9.64 Å². The van der Waals surface area contributed by atoms with Gasteiger partial charge in [-0.2, -0.15) is 18.2 Å². The van der Waals surface area contributed by atoms with E-state index in [1.807, 2.05) is 0 Å². The number of halogens is 2. The molecule has 0 aromatic carbocycles. The maximum atomic E-state index is 13.5. The third-order valence-corrected chi connectivity index (χ3v) is 7.74. The van der Waals surface area contributed by atoms with Crippen molar-refractivity contribution >= 4 is 10.0 Å². The van der Waals surface area contributed by atoms with Crippen LogP contribution < -0.4 is 0 Å². The Morgan fingerprint density at radius 2 is 1.89 bits per heavy atom. The van der Waals surface area contributed by atoms with Crippen molar-refractivity contribution < 1.29 is 21.9 Å². The Hall–Kier alpha value is -1.10. The first-order valence-electron chi connectivity index (χ1n) is 9.32. The van der Waals surface area contributed by atoms with Crippen molar-refractivity contribution in [3.8, 4) is 0 Å². The van der Waals surface area contributed by atoms with Crippen LogP contribution in [0.15, 0.2) is 11.1 Å². The third kappa shape index (κ3) is 3.52. The quantitative estimate of drug-likeness (QED) is 0.739. The molecule has 152 valence electrons. The summed E-state index contributed by atoms with van der Waals surface area (Å²) in [7, 11) is -2.41. The van der Waals surface area contributed by atoms with Crippen LogP contribution in [-0.2, 0) is 27.7 Å². The summed E-state index contributed by atoms with van der Waals surface area (Å²) < 4.78 is 60.3. The molecule has 27 heavy (non-hydrogen) atoms. The van der Waals surface area contributed by atoms with Gasteiger partial charge in [-0.15, -0.1) is 0 Å². The summed E-state index contributed by atoms with van der Waals surface area (Å²) in [6.45, 7) is 6.13. The van der Waals surface area contributed by atoms with Gasteiger partial charge in [-0.25, -0.2) is 8.42 Å². The van der Waals surface area contributed by atoms with Crippen LogP contribution in [0.4, 0.5) is 8.78 Å². The van der Waals surface area contributed by atoms with E-state index >= 15 is 0 Å². The lowest BCUT2D eigenvalue weighted by molar-refractivity contribution is -0.0913. The minimum atomic E-state index is -3.80. The van der Waals surface area contributed by atoms with Crippen LogP contribution in [0.3, 0.4) is 0 Å². The molecule has 3 fully saturated rings. The number of aromatic nitrogens is 2. The number of hydrogen-bond donors (Lipinski definition) is 0. The molecule has 4 rings (SSSR count). The van der Waals surface area contributed by atoms with E-state index in [9.17, 15) is 17.2 Å². The minimum Gasteiger partial charge on any atom is -0.381 e. The Morgan fingerprint density at radius 3 is 2.44 bits per heavy atom. The highest BCUT2D eigenvalue weighted by Crippen LogP contribution is 2.43. The zero-order chi connectivity index (χ0) is 19.4. The highest BCUT2D eigenvalue weighted by Gasteiger charge is 2.55. The fourth-order valence-electron chi connectivity index (χ4n) is 4.44. The molecular weight excluding hydrogens is 378 g/mol. The number of alkyl halides is 2. The molecular formula is C17H26F2N4O3S. The summed E-state index contributed by atoms with van der Waals surface area (Å²) in [5, 5.41) is 3.51. The molecule has 0 aliphatic carbocycles. The third-order valence-electron chi connectivity index (χ3n) is 5.89. The largest absolute Gasteiger partial charge is 0.381 e. The van der Waals surface area contributed by atoms with Crippen molar-refractivity contribution in [1.82, 2.24) is 19.0 Å². The molecule has 1 spiro atoms. The molecule has 0 amide bonds. The van der Waals surface area contributed by atoms with Crippen molar-refractivity contribution in [1.29, 1.82) is 0 Å². The van der Waals surface area contributed by atoms with Crippen molar-refractivity contribution in [2.75, 3.05) is 45.9 Å². The summed E-state index contributed by atoms with van der Waals surface area (Å²) in [5.41, 5.74) is -0.501. The Bertz CT molecular complexity index is 801. The van der Waals surface area contributed by atoms with E-state index in [0.717, 1.165) is 56.4 Å². The maximum absolute atomic E-state index is 13.5. The molecule has 0 unspecified atom stereocenters. The van der Waals surface area contributed by atoms with E-state index < -0.39 is 21.6 Å². The molecule has 0 radical (unpaired) electrons. The average molecular weight is 404 g/mol. The monoisotopic (exact) mass is 404 g/mol. The summed E-state index contributed by atoms with van der Waals surface area (Å²) in [5.74, 6) is -2.50. The van der Waals surface area contributed by atoms with Crippen LogP contribution >= 0.6 is 0 Å². The lowest BCUT2D eigenvalue weighted by Crippen LogP contribution is -2.73. The van der Waals surface area contributed by atoms with E-state index in [0.29, 0.717) is 25.9 Å². The van der Waals surface area contributed by atoms with Crippen LogP contribution in [0.1, 0.15) is 25.5 Å². The fraction of sp³-hybridized carbons (Fsp3) is 0.824. The van der Waals surface area contributed by atoms with E-state index in [2.05, 4.69) is 10.00 Å². The van der Waals surface area contributed by atoms with Gasteiger partial charge in [0.25, 0.3) is 15.9 Å². The second-order valence-corrected chi connectivity index (χ2v) is 10.3. The molecule has 0 saturated carbocycles. The van der Waals surface area contributed by atoms with Gasteiger partial charge in [0.2, 0.25) is 0 Å². The van der Waals surface area contributed by atoms with E-state index in [-0.39, 0.29) is 10.4 Å². The Morgan fingerprint density at radius 1 is 1.26 bits per heavy atom. The topological polar surface area (TPSA) is 67.7 Å². The lowest BCUT2D eigenvalue weighted by Gasteiger charge is -2.60. The molecule has 1 aromatic heterocycles. The summed E-state index contributed by atoms with van der Waals surface area (Å²) in [6.07, 6.45) is 2.18. The van der Waals surface area contributed by atoms with Crippen molar-refractivity contribution in [2.24, 2.45) is 18.4 Å². The Balaban J connectivity index is 1.35. The Labute approximate surface area is 158 Å². The molecule has 10 heteroatoms. The molecule has 3 aliphatic rings. The van der Waals surface area contributed by atoms with Gasteiger partial charge in [0.05, 0.1) is 0 Å². The van der Waals surface area contributed by atoms with Gasteiger partial charge in [-0.05, 0) is 18.8 Å². The summed E-state index contributed by atoms with van der Waals surface area (Å²) in [6, 6.07) is 0.985. The molecule has 3 aliphatic heterocycles. The summed E-state index contributed by atoms with van der Waals surface area (Å²) in [4.78, 5) is 2.39. The van der Waals surface area contributed by atoms with Crippen LogP contribution in [-0.4, -0.2) is 73.3 Å². The number of nitrogens with zero attached hydrogens (tertiary/aromatic N) is 4. The van der Waals surface area contributed by atoms with E-state index in [4.69, 9.17) is 4.74 Å².